The van der Waals surface area contributed by atoms with Crippen LogP contribution in [0.4, 0.5) is 26.3 Å². The lowest BCUT2D eigenvalue weighted by Crippen LogP contribution is -2.37. The summed E-state index contributed by atoms with van der Waals surface area (Å²) in [5.74, 6) is 0.0713. The molecular formula is C25H24F6N4O3S. The second-order valence-corrected chi connectivity index (χ2v) is 11.2. The molecule has 3 aromatic rings. The quantitative estimate of drug-likeness (QED) is 0.346. The number of benzene rings is 2. The first kappa shape index (κ1) is 28.7. The summed E-state index contributed by atoms with van der Waals surface area (Å²) in [4.78, 5) is 11.9. The summed E-state index contributed by atoms with van der Waals surface area (Å²) in [5, 5.41) is 0. The molecule has 0 N–H and O–H groups in total. The van der Waals surface area contributed by atoms with Crippen LogP contribution in [0.2, 0.25) is 0 Å². The molecule has 0 unspecified atom stereocenters. The number of rotatable bonds is 7. The SMILES string of the molecule is CC1CCN(S(=O)(=O)c2ccc(Cc3nc(OCC(F)(F)F)nc(-c4cccc(C(F)(F)F)c4)n3)cc2)CC1. The number of aromatic nitrogens is 3. The van der Waals surface area contributed by atoms with Gasteiger partial charge in [0.05, 0.1) is 10.5 Å². The third kappa shape index (κ3) is 7.44. The second-order valence-electron chi connectivity index (χ2n) is 9.25. The zero-order valence-electron chi connectivity index (χ0n) is 20.6. The van der Waals surface area contributed by atoms with E-state index in [4.69, 9.17) is 0 Å². The second kappa shape index (κ2) is 11.1. The summed E-state index contributed by atoms with van der Waals surface area (Å²) in [7, 11) is -3.69. The number of sulfonamides is 1. The Morgan fingerprint density at radius 2 is 1.62 bits per heavy atom. The van der Waals surface area contributed by atoms with E-state index < -0.39 is 40.6 Å². The first-order chi connectivity index (χ1) is 18.2. The van der Waals surface area contributed by atoms with Crippen molar-refractivity contribution in [3.8, 4) is 17.4 Å². The van der Waals surface area contributed by atoms with Crippen LogP contribution >= 0.6 is 0 Å². The fourth-order valence-electron chi connectivity index (χ4n) is 3.99. The Hall–Kier alpha value is -3.26. The van der Waals surface area contributed by atoms with Gasteiger partial charge in [-0.05, 0) is 48.6 Å². The average molecular weight is 575 g/mol. The third-order valence-electron chi connectivity index (χ3n) is 6.14. The molecule has 1 aliphatic rings. The number of halogens is 6. The van der Waals surface area contributed by atoms with Gasteiger partial charge in [-0.25, -0.2) is 13.4 Å². The number of hydrogen-bond donors (Lipinski definition) is 0. The monoisotopic (exact) mass is 574 g/mol. The van der Waals surface area contributed by atoms with Crippen molar-refractivity contribution in [2.45, 2.75) is 43.4 Å². The Labute approximate surface area is 220 Å². The van der Waals surface area contributed by atoms with Crippen molar-refractivity contribution >= 4 is 10.0 Å². The van der Waals surface area contributed by atoms with E-state index >= 15 is 0 Å². The molecule has 39 heavy (non-hydrogen) atoms. The Balaban J connectivity index is 1.61. The van der Waals surface area contributed by atoms with Crippen LogP contribution in [0.5, 0.6) is 6.01 Å². The normalized spacial score (nSPS) is 15.9. The van der Waals surface area contributed by atoms with Crippen LogP contribution in [0.3, 0.4) is 0 Å². The molecule has 2 aromatic carbocycles. The fraction of sp³-hybridized carbons (Fsp3) is 0.400. The number of hydrogen-bond acceptors (Lipinski definition) is 6. The summed E-state index contributed by atoms with van der Waals surface area (Å²) >= 11 is 0. The van der Waals surface area contributed by atoms with Crippen LogP contribution < -0.4 is 4.74 Å². The Kier molecular flexibility index (Phi) is 8.17. The highest BCUT2D eigenvalue weighted by molar-refractivity contribution is 7.89. The van der Waals surface area contributed by atoms with Crippen molar-refractivity contribution in [2.24, 2.45) is 5.92 Å². The molecule has 1 saturated heterocycles. The molecule has 4 rings (SSSR count). The Morgan fingerprint density at radius 3 is 2.23 bits per heavy atom. The Bertz CT molecular complexity index is 1400. The minimum absolute atomic E-state index is 0.0710. The molecule has 0 aliphatic carbocycles. The van der Waals surface area contributed by atoms with Gasteiger partial charge in [0.15, 0.2) is 12.4 Å². The highest BCUT2D eigenvalue weighted by atomic mass is 32.2. The van der Waals surface area contributed by atoms with Gasteiger partial charge >= 0.3 is 18.4 Å². The van der Waals surface area contributed by atoms with Gasteiger partial charge in [-0.2, -0.15) is 40.6 Å². The van der Waals surface area contributed by atoms with E-state index in [1.165, 1.54) is 34.6 Å². The zero-order chi connectivity index (χ0) is 28.4. The molecule has 14 heteroatoms. The molecule has 0 radical (unpaired) electrons. The van der Waals surface area contributed by atoms with Crippen LogP contribution in [0.25, 0.3) is 11.4 Å². The van der Waals surface area contributed by atoms with E-state index in [1.807, 2.05) is 0 Å². The Morgan fingerprint density at radius 1 is 0.949 bits per heavy atom. The molecule has 1 aliphatic heterocycles. The fourth-order valence-corrected chi connectivity index (χ4v) is 5.46. The standard InChI is InChI=1S/C25H24F6N4O3S/c1-16-9-11-35(12-10-16)39(36,37)20-7-5-17(6-8-20)13-21-32-22(34-23(33-21)38-15-24(26,27)28)18-3-2-4-19(14-18)25(29,30)31/h2-8,14,16H,9-13,15H2,1H3. The average Bonchev–Trinajstić information content (AvgIpc) is 2.87. The van der Waals surface area contributed by atoms with Crippen molar-refractivity contribution in [2.75, 3.05) is 19.7 Å². The van der Waals surface area contributed by atoms with Gasteiger partial charge in [0.2, 0.25) is 10.0 Å². The lowest BCUT2D eigenvalue weighted by molar-refractivity contribution is -0.154. The van der Waals surface area contributed by atoms with Gasteiger partial charge in [-0.15, -0.1) is 0 Å². The van der Waals surface area contributed by atoms with E-state index in [2.05, 4.69) is 26.6 Å². The molecule has 0 spiro atoms. The van der Waals surface area contributed by atoms with Crippen LogP contribution in [0.1, 0.15) is 36.7 Å². The molecule has 2 heterocycles. The smallest absolute Gasteiger partial charge is 0.422 e. The number of nitrogens with zero attached hydrogens (tertiary/aromatic N) is 4. The van der Waals surface area contributed by atoms with Crippen LogP contribution in [0, 0.1) is 5.92 Å². The van der Waals surface area contributed by atoms with E-state index in [9.17, 15) is 34.8 Å². The highest BCUT2D eigenvalue weighted by Crippen LogP contribution is 2.32. The van der Waals surface area contributed by atoms with Crippen LogP contribution in [-0.4, -0.2) is 53.5 Å². The van der Waals surface area contributed by atoms with E-state index in [1.54, 1.807) is 0 Å². The lowest BCUT2D eigenvalue weighted by Gasteiger charge is -2.29. The first-order valence-corrected chi connectivity index (χ1v) is 13.4. The highest BCUT2D eigenvalue weighted by Gasteiger charge is 2.32. The zero-order valence-corrected chi connectivity index (χ0v) is 21.4. The molecule has 1 fully saturated rings. The van der Waals surface area contributed by atoms with Gasteiger partial charge in [0.1, 0.15) is 5.82 Å². The predicted octanol–water partition coefficient (Wildman–Crippen LogP) is 5.51. The topological polar surface area (TPSA) is 85.3 Å². The molecule has 0 atom stereocenters. The first-order valence-electron chi connectivity index (χ1n) is 11.9. The summed E-state index contributed by atoms with van der Waals surface area (Å²) < 4.78 is 110. The van der Waals surface area contributed by atoms with Gasteiger partial charge in [-0.1, -0.05) is 31.2 Å². The van der Waals surface area contributed by atoms with Gasteiger partial charge in [0, 0.05) is 25.1 Å². The molecule has 7 nitrogen and oxygen atoms in total. The van der Waals surface area contributed by atoms with Crippen molar-refractivity contribution in [3.05, 3.63) is 65.5 Å². The maximum Gasteiger partial charge on any atom is 0.422 e. The maximum absolute atomic E-state index is 13.2. The largest absolute Gasteiger partial charge is 0.454 e. The predicted molar refractivity (Wildman–Crippen MR) is 128 cm³/mol. The molecule has 210 valence electrons. The van der Waals surface area contributed by atoms with Crippen LogP contribution in [0.15, 0.2) is 53.4 Å². The van der Waals surface area contributed by atoms with Gasteiger partial charge in [0.25, 0.3) is 0 Å². The molecular weight excluding hydrogens is 550 g/mol. The summed E-state index contributed by atoms with van der Waals surface area (Å²) in [6.07, 6.45) is -7.89. The maximum atomic E-state index is 13.2. The van der Waals surface area contributed by atoms with Crippen molar-refractivity contribution < 1.29 is 39.5 Å². The van der Waals surface area contributed by atoms with Crippen molar-refractivity contribution in [1.82, 2.24) is 19.3 Å². The number of piperidine rings is 1. The van der Waals surface area contributed by atoms with Crippen molar-refractivity contribution in [1.29, 1.82) is 0 Å². The lowest BCUT2D eigenvalue weighted by atomic mass is 10.0. The van der Waals surface area contributed by atoms with E-state index in [0.29, 0.717) is 24.6 Å². The molecule has 0 amide bonds. The molecule has 0 bridgehead atoms. The third-order valence-corrected chi connectivity index (χ3v) is 8.05. The summed E-state index contributed by atoms with van der Waals surface area (Å²) in [6.45, 7) is 1.21. The van der Waals surface area contributed by atoms with E-state index in [-0.39, 0.29) is 28.5 Å². The van der Waals surface area contributed by atoms with Gasteiger partial charge in [-0.3, -0.25) is 0 Å². The van der Waals surface area contributed by atoms with Gasteiger partial charge < -0.3 is 4.74 Å². The number of ether oxygens (including phenoxy) is 1. The minimum atomic E-state index is -4.70. The van der Waals surface area contributed by atoms with E-state index in [0.717, 1.165) is 31.0 Å². The summed E-state index contributed by atoms with van der Waals surface area (Å²) in [5.41, 5.74) is -0.563. The molecule has 0 saturated carbocycles. The minimum Gasteiger partial charge on any atom is -0.454 e. The number of alkyl halides is 6. The summed E-state index contributed by atoms with van der Waals surface area (Å²) in [6, 6.07) is 9.18. The molecule has 1 aromatic heterocycles. The van der Waals surface area contributed by atoms with Crippen molar-refractivity contribution in [3.63, 3.8) is 0 Å². The van der Waals surface area contributed by atoms with Crippen LogP contribution in [-0.2, 0) is 22.6 Å².